The lowest BCUT2D eigenvalue weighted by Gasteiger charge is -2.29. The first-order valence-electron chi connectivity index (χ1n) is 27.8. The number of hydrogen-bond donors (Lipinski definition) is 17. The molecular weight excluding hydrogens is 1170 g/mol. The van der Waals surface area contributed by atoms with E-state index in [1.165, 1.54) is 30.5 Å². The van der Waals surface area contributed by atoms with Gasteiger partial charge in [-0.2, -0.15) is 24.4 Å². The fraction of sp³-hybridized carbons (Fsp3) is 0.623. The number of aliphatic carboxylic acids is 1. The Kier molecular flexibility index (Phi) is 32.5. The molecule has 1 aromatic carbocycles. The average Bonchev–Trinajstić information content (AvgIpc) is 3.66. The molecule has 1 saturated heterocycles. The number of hydrogen-bond acceptors (Lipinski definition) is 18. The minimum absolute atomic E-state index is 0.0314. The van der Waals surface area contributed by atoms with Crippen LogP contribution in [0.25, 0.3) is 0 Å². The molecule has 12 amide bonds. The Morgan fingerprint density at radius 3 is 1.76 bits per heavy atom. The standard InChI is InChI=1S/C53H85N15O16S2/c1-8-26(2)40(48(79)64-36(25-85)46(77)66-42(29(5)70)50(81)67-41(28(4)69)49(80)63-35(52(83)84)23-38(54)72)65-39(73)24-58-43(74)33(18-21-86-7)61-44(75)32(16-12-19-57-53(55)56)60-45(76)34(22-31-14-10-9-11-15-31)62-47(78)37-17-13-20-68(37)51(82)27(3)59-30(6)71/h9-11,14-15,26-29,32-37,40-42,69-70,85H,8,12-13,16-25H2,1-7H3,(H2,54,72)(H,58,74)(H,59,71)(H,60,76)(H,61,75)(H,62,78)(H,63,80)(H,64,79)(H,65,73)(H,66,77)(H,67,81)(H,83,84)(H4,55,56,57)/t26-,27-,28+,29+,32-,33-,34-,35-,36-,37-,40-,41-,42-/m0/s1. The summed E-state index contributed by atoms with van der Waals surface area (Å²) in [7, 11) is 0. The Morgan fingerprint density at radius 1 is 0.686 bits per heavy atom. The van der Waals surface area contributed by atoms with Gasteiger partial charge in [0, 0.05) is 32.2 Å². The number of primary amides is 1. The molecule has 1 heterocycles. The summed E-state index contributed by atoms with van der Waals surface area (Å²) in [5, 5.41) is 54.7. The first-order valence-corrected chi connectivity index (χ1v) is 29.8. The average molecular weight is 1250 g/mol. The molecule has 1 fully saturated rings. The molecule has 31 nitrogen and oxygen atoms in total. The number of benzene rings is 1. The maximum Gasteiger partial charge on any atom is 0.326 e. The number of carboxylic acids is 1. The summed E-state index contributed by atoms with van der Waals surface area (Å²) in [5.74, 6) is -13.0. The molecule has 0 aromatic heterocycles. The lowest BCUT2D eigenvalue weighted by Crippen LogP contribution is -2.63. The second-order valence-corrected chi connectivity index (χ2v) is 22.0. The SMILES string of the molecule is CC[C@H](C)[C@H](NC(=O)CNC(=O)[C@H](CCSC)NC(=O)[C@H](CCCN=C(N)N)NC(=O)[C@H](Cc1ccccc1)NC(=O)[C@@H]1CCCN1C(=O)[C@H](C)NC(C)=O)C(=O)N[C@@H](CS)C(=O)N[C@H](C(=O)N[C@H](C(=O)N[C@@H](CC(N)=O)C(=O)O)[C@@H](C)O)[C@@H](C)O. The van der Waals surface area contributed by atoms with Crippen molar-refractivity contribution in [1.82, 2.24) is 58.1 Å². The van der Waals surface area contributed by atoms with Gasteiger partial charge >= 0.3 is 5.97 Å². The van der Waals surface area contributed by atoms with E-state index in [0.29, 0.717) is 24.2 Å². The fourth-order valence-electron chi connectivity index (χ4n) is 8.71. The van der Waals surface area contributed by atoms with Crippen molar-refractivity contribution in [3.05, 3.63) is 35.9 Å². The van der Waals surface area contributed by atoms with Crippen LogP contribution in [0.4, 0.5) is 0 Å². The Labute approximate surface area is 508 Å². The van der Waals surface area contributed by atoms with Crippen molar-refractivity contribution in [3.8, 4) is 0 Å². The zero-order valence-electron chi connectivity index (χ0n) is 49.2. The van der Waals surface area contributed by atoms with Crippen LogP contribution in [-0.4, -0.2) is 213 Å². The molecule has 33 heteroatoms. The Bertz CT molecular complexity index is 2560. The third kappa shape index (κ3) is 25.4. The van der Waals surface area contributed by atoms with Crippen LogP contribution in [0, 0.1) is 5.92 Å². The topological polar surface area (TPSA) is 497 Å². The van der Waals surface area contributed by atoms with Crippen LogP contribution in [0.2, 0.25) is 0 Å². The lowest BCUT2D eigenvalue weighted by molar-refractivity contribution is -0.144. The quantitative estimate of drug-likeness (QED) is 0.0128. The summed E-state index contributed by atoms with van der Waals surface area (Å²) >= 11 is 5.50. The molecule has 1 aromatic rings. The highest BCUT2D eigenvalue weighted by atomic mass is 32.2. The summed E-state index contributed by atoms with van der Waals surface area (Å²) in [6.07, 6.45) is -1.32. The van der Waals surface area contributed by atoms with E-state index in [2.05, 4.69) is 65.5 Å². The second kappa shape index (κ2) is 37.6. The Balaban J connectivity index is 2.30. The van der Waals surface area contributed by atoms with Gasteiger partial charge in [0.1, 0.15) is 60.4 Å². The minimum atomic E-state index is -1.87. The summed E-state index contributed by atoms with van der Waals surface area (Å²) in [6, 6.07) is -5.60. The maximum atomic E-state index is 14.4. The molecule has 0 aliphatic carbocycles. The van der Waals surface area contributed by atoms with Gasteiger partial charge in [0.25, 0.3) is 0 Å². The van der Waals surface area contributed by atoms with Gasteiger partial charge in [-0.05, 0) is 76.4 Å². The van der Waals surface area contributed by atoms with E-state index in [9.17, 15) is 77.6 Å². The molecule has 0 radical (unpaired) electrons. The molecule has 1 aliphatic heterocycles. The molecule has 13 atom stereocenters. The normalized spacial score (nSPS) is 17.0. The number of amides is 12. The van der Waals surface area contributed by atoms with E-state index in [4.69, 9.17) is 17.2 Å². The number of aliphatic hydroxyl groups is 2. The highest BCUT2D eigenvalue weighted by Gasteiger charge is 2.40. The molecule has 0 saturated carbocycles. The largest absolute Gasteiger partial charge is 0.480 e. The number of likely N-dealkylation sites (tertiary alicyclic amines) is 1. The molecule has 0 spiro atoms. The maximum absolute atomic E-state index is 14.4. The molecule has 86 heavy (non-hydrogen) atoms. The van der Waals surface area contributed by atoms with Crippen molar-refractivity contribution < 1.29 is 77.6 Å². The summed E-state index contributed by atoms with van der Waals surface area (Å²) in [4.78, 5) is 177. The van der Waals surface area contributed by atoms with Crippen molar-refractivity contribution in [2.75, 3.05) is 37.4 Å². The van der Waals surface area contributed by atoms with Gasteiger partial charge in [0.2, 0.25) is 70.9 Å². The first kappa shape index (κ1) is 74.3. The van der Waals surface area contributed by atoms with Gasteiger partial charge in [0.15, 0.2) is 5.96 Å². The van der Waals surface area contributed by atoms with Gasteiger partial charge in [-0.1, -0.05) is 50.6 Å². The number of carbonyl (C=O) groups excluding carboxylic acids is 12. The van der Waals surface area contributed by atoms with Crippen molar-refractivity contribution in [3.63, 3.8) is 0 Å². The van der Waals surface area contributed by atoms with Gasteiger partial charge in [-0.3, -0.25) is 62.5 Å². The van der Waals surface area contributed by atoms with Gasteiger partial charge in [-0.15, -0.1) is 0 Å². The van der Waals surface area contributed by atoms with Crippen LogP contribution < -0.4 is 70.4 Å². The number of nitrogens with zero attached hydrogens (tertiary/aromatic N) is 2. The number of nitrogens with two attached hydrogens (primary N) is 3. The molecule has 2 rings (SSSR count). The zero-order chi connectivity index (χ0) is 65.0. The van der Waals surface area contributed by atoms with Gasteiger partial charge in [-0.25, -0.2) is 4.79 Å². The Hall–Kier alpha value is -7.78. The summed E-state index contributed by atoms with van der Waals surface area (Å²) < 4.78 is 0. The highest BCUT2D eigenvalue weighted by Crippen LogP contribution is 2.20. The lowest BCUT2D eigenvalue weighted by atomic mass is 9.98. The smallest absolute Gasteiger partial charge is 0.326 e. The van der Waals surface area contributed by atoms with E-state index in [-0.39, 0.29) is 51.2 Å². The van der Waals surface area contributed by atoms with E-state index in [1.807, 2.05) is 5.32 Å². The molecule has 0 bridgehead atoms. The van der Waals surface area contributed by atoms with Crippen LogP contribution in [0.3, 0.4) is 0 Å². The van der Waals surface area contributed by atoms with Crippen LogP contribution in [0.1, 0.15) is 92.1 Å². The monoisotopic (exact) mass is 1250 g/mol. The summed E-state index contributed by atoms with van der Waals surface area (Å²) in [5.41, 5.74) is 16.8. The number of carboxylic acid groups (broad SMARTS) is 1. The van der Waals surface area contributed by atoms with Gasteiger partial charge < -0.3 is 90.6 Å². The van der Waals surface area contributed by atoms with Crippen LogP contribution in [0.15, 0.2) is 35.3 Å². The van der Waals surface area contributed by atoms with E-state index in [1.54, 1.807) is 50.4 Å². The van der Waals surface area contributed by atoms with Crippen molar-refractivity contribution >= 4 is 107 Å². The predicted molar refractivity (Wildman–Crippen MR) is 318 cm³/mol. The third-order valence-electron chi connectivity index (χ3n) is 13.6. The fourth-order valence-corrected chi connectivity index (χ4v) is 9.44. The van der Waals surface area contributed by atoms with Crippen LogP contribution in [-0.2, 0) is 68.7 Å². The van der Waals surface area contributed by atoms with E-state index < -0.39 is 174 Å². The number of guanidine groups is 1. The predicted octanol–water partition coefficient (Wildman–Crippen LogP) is -5.76. The number of carbonyl (C=O) groups is 13. The van der Waals surface area contributed by atoms with Gasteiger partial charge in [0.05, 0.1) is 25.2 Å². The number of aliphatic imine (C=N–C) groups is 1. The Morgan fingerprint density at radius 2 is 1.22 bits per heavy atom. The van der Waals surface area contributed by atoms with Crippen LogP contribution in [0.5, 0.6) is 0 Å². The molecule has 480 valence electrons. The highest BCUT2D eigenvalue weighted by molar-refractivity contribution is 7.98. The summed E-state index contributed by atoms with van der Waals surface area (Å²) in [6.45, 7) is 7.77. The van der Waals surface area contributed by atoms with Crippen LogP contribution >= 0.6 is 24.4 Å². The number of thioether (sulfide) groups is 1. The third-order valence-corrected chi connectivity index (χ3v) is 14.6. The number of nitrogens with one attached hydrogen (secondary N) is 10. The van der Waals surface area contributed by atoms with E-state index >= 15 is 0 Å². The molecule has 0 unspecified atom stereocenters. The van der Waals surface area contributed by atoms with E-state index in [0.717, 1.165) is 13.8 Å². The second-order valence-electron chi connectivity index (χ2n) is 20.6. The number of thiol groups is 1. The number of rotatable bonds is 37. The van der Waals surface area contributed by atoms with Crippen molar-refractivity contribution in [2.24, 2.45) is 28.1 Å². The van der Waals surface area contributed by atoms with Crippen molar-refractivity contribution in [1.29, 1.82) is 0 Å². The first-order chi connectivity index (χ1) is 40.4. The molecule has 1 aliphatic rings. The molecular formula is C53H85N15O16S2. The minimum Gasteiger partial charge on any atom is -0.480 e. The molecule has 19 N–H and O–H groups in total. The number of aliphatic hydroxyl groups excluding tert-OH is 2. The zero-order valence-corrected chi connectivity index (χ0v) is 50.9. The van der Waals surface area contributed by atoms with Crippen molar-refractivity contribution in [2.45, 2.75) is 166 Å².